The minimum atomic E-state index is -4.96. The SMILES string of the molecule is CCCCCCCCCCCCCCCCCCCCCCC(=O)O[C@H](COC(=O)CCCCCCCCCCCCCCCCC(C)C)COP(=O)(O)OC[C@@H](O)COP(=O)(O)OC[C@@H](COC(=O)CCCCCCCCC(C)C)OC(=O)CCCCCCCCC(C)C. The van der Waals surface area contributed by atoms with E-state index in [1.165, 1.54) is 193 Å². The maximum Gasteiger partial charge on any atom is 0.472 e. The van der Waals surface area contributed by atoms with Crippen molar-refractivity contribution in [1.82, 2.24) is 0 Å². The molecule has 0 rings (SSSR count). The van der Waals surface area contributed by atoms with Crippen LogP contribution in [0.2, 0.25) is 0 Å². The molecule has 0 aromatic heterocycles. The van der Waals surface area contributed by atoms with Gasteiger partial charge in [0.2, 0.25) is 0 Å². The summed E-state index contributed by atoms with van der Waals surface area (Å²) in [6.07, 6.45) is 53.3. The summed E-state index contributed by atoms with van der Waals surface area (Å²) >= 11 is 0. The number of hydrogen-bond donors (Lipinski definition) is 3. The van der Waals surface area contributed by atoms with Crippen molar-refractivity contribution in [2.24, 2.45) is 17.8 Å². The van der Waals surface area contributed by atoms with Gasteiger partial charge in [-0.2, -0.15) is 0 Å². The molecule has 0 saturated carbocycles. The molecule has 5 atom stereocenters. The molecule has 0 saturated heterocycles. The second-order valence-electron chi connectivity index (χ2n) is 28.8. The van der Waals surface area contributed by atoms with Gasteiger partial charge in [0.25, 0.3) is 0 Å². The van der Waals surface area contributed by atoms with Crippen molar-refractivity contribution >= 4 is 39.5 Å². The first-order valence-corrected chi connectivity index (χ1v) is 42.3. The normalized spacial score (nSPS) is 14.1. The highest BCUT2D eigenvalue weighted by Gasteiger charge is 2.30. The fraction of sp³-hybridized carbons (Fsp3) is 0.947. The van der Waals surface area contributed by atoms with Crippen molar-refractivity contribution in [2.75, 3.05) is 39.6 Å². The molecule has 19 heteroatoms. The molecule has 0 radical (unpaired) electrons. The van der Waals surface area contributed by atoms with Crippen LogP contribution in [0.25, 0.3) is 0 Å². The zero-order chi connectivity index (χ0) is 70.1. The summed E-state index contributed by atoms with van der Waals surface area (Å²) < 4.78 is 68.4. The van der Waals surface area contributed by atoms with Crippen LogP contribution in [0, 0.1) is 17.8 Å². The summed E-state index contributed by atoms with van der Waals surface area (Å²) in [6, 6.07) is 0. The van der Waals surface area contributed by atoms with Gasteiger partial charge in [-0.05, 0) is 43.4 Å². The zero-order valence-electron chi connectivity index (χ0n) is 62.1. The lowest BCUT2D eigenvalue weighted by atomic mass is 10.0. The first-order valence-electron chi connectivity index (χ1n) is 39.3. The molecule has 95 heavy (non-hydrogen) atoms. The van der Waals surface area contributed by atoms with E-state index in [0.29, 0.717) is 37.5 Å². The molecule has 17 nitrogen and oxygen atoms in total. The van der Waals surface area contributed by atoms with Crippen molar-refractivity contribution in [3.8, 4) is 0 Å². The standard InChI is InChI=1S/C76H148O17P2/c1-8-9-10-11-12-13-14-15-16-17-18-19-20-21-26-29-32-35-45-52-59-75(80)92-71(63-86-73(78)57-50-43-34-31-28-25-23-22-24-27-30-33-40-47-54-67(2)3)65-90-94(82,83)88-61-70(77)62-89-95(84,85)91-66-72(93-76(81)60-53-46-39-37-42-49-56-69(6)7)64-87-74(79)58-51-44-38-36-41-48-55-68(4)5/h67-72,77H,8-66H2,1-7H3,(H,82,83)(H,84,85)/t70-,71-,72-/m1/s1. The van der Waals surface area contributed by atoms with Gasteiger partial charge < -0.3 is 33.8 Å². The monoisotopic (exact) mass is 1400 g/mol. The van der Waals surface area contributed by atoms with Crippen molar-refractivity contribution in [1.29, 1.82) is 0 Å². The third kappa shape index (κ3) is 70.3. The van der Waals surface area contributed by atoms with Crippen LogP contribution in [-0.4, -0.2) is 96.7 Å². The lowest BCUT2D eigenvalue weighted by Gasteiger charge is -2.21. The summed E-state index contributed by atoms with van der Waals surface area (Å²) in [5.41, 5.74) is 0. The Morgan fingerprint density at radius 2 is 0.484 bits per heavy atom. The lowest BCUT2D eigenvalue weighted by molar-refractivity contribution is -0.161. The summed E-state index contributed by atoms with van der Waals surface area (Å²) in [5, 5.41) is 10.6. The first-order chi connectivity index (χ1) is 45.7. The van der Waals surface area contributed by atoms with Crippen LogP contribution in [0.5, 0.6) is 0 Å². The second-order valence-corrected chi connectivity index (χ2v) is 31.7. The third-order valence-electron chi connectivity index (χ3n) is 17.6. The largest absolute Gasteiger partial charge is 0.472 e. The number of aliphatic hydroxyl groups excluding tert-OH is 1. The molecule has 0 fully saturated rings. The fourth-order valence-electron chi connectivity index (χ4n) is 11.6. The molecule has 2 unspecified atom stereocenters. The Labute approximate surface area is 581 Å². The Kier molecular flexibility index (Phi) is 65.2. The van der Waals surface area contributed by atoms with Crippen LogP contribution in [0.4, 0.5) is 0 Å². The molecular formula is C76H148O17P2. The smallest absolute Gasteiger partial charge is 0.462 e. The molecule has 3 N–H and O–H groups in total. The van der Waals surface area contributed by atoms with E-state index in [-0.39, 0.29) is 25.7 Å². The average molecular weight is 1400 g/mol. The van der Waals surface area contributed by atoms with E-state index in [0.717, 1.165) is 102 Å². The topological polar surface area (TPSA) is 237 Å². The first kappa shape index (κ1) is 93.1. The number of carbonyl (C=O) groups is 4. The highest BCUT2D eigenvalue weighted by Crippen LogP contribution is 2.45. The van der Waals surface area contributed by atoms with E-state index in [1.807, 2.05) is 0 Å². The quantitative estimate of drug-likeness (QED) is 0.0222. The van der Waals surface area contributed by atoms with Crippen LogP contribution >= 0.6 is 15.6 Å². The molecule has 0 heterocycles. The van der Waals surface area contributed by atoms with Gasteiger partial charge in [0.1, 0.15) is 19.3 Å². The fourth-order valence-corrected chi connectivity index (χ4v) is 13.2. The third-order valence-corrected chi connectivity index (χ3v) is 19.5. The van der Waals surface area contributed by atoms with Crippen molar-refractivity contribution in [3.63, 3.8) is 0 Å². The summed E-state index contributed by atoms with van der Waals surface area (Å²) in [4.78, 5) is 72.7. The number of ether oxygens (including phenoxy) is 4. The predicted molar refractivity (Wildman–Crippen MR) is 386 cm³/mol. The van der Waals surface area contributed by atoms with Gasteiger partial charge in [0.05, 0.1) is 26.4 Å². The minimum Gasteiger partial charge on any atom is -0.462 e. The van der Waals surface area contributed by atoms with Gasteiger partial charge in [-0.1, -0.05) is 337 Å². The number of aliphatic hydroxyl groups is 1. The van der Waals surface area contributed by atoms with E-state index < -0.39 is 97.5 Å². The van der Waals surface area contributed by atoms with E-state index in [1.54, 1.807) is 0 Å². The Morgan fingerprint density at radius 1 is 0.284 bits per heavy atom. The zero-order valence-corrected chi connectivity index (χ0v) is 63.9. The van der Waals surface area contributed by atoms with Crippen LogP contribution in [0.15, 0.2) is 0 Å². The molecule has 0 spiro atoms. The van der Waals surface area contributed by atoms with Gasteiger partial charge in [0, 0.05) is 25.7 Å². The second kappa shape index (κ2) is 66.6. The Hall–Kier alpha value is -1.94. The summed E-state index contributed by atoms with van der Waals surface area (Å²) in [7, 11) is -9.91. The molecule has 0 amide bonds. The number of rotatable bonds is 74. The number of hydrogen-bond acceptors (Lipinski definition) is 15. The van der Waals surface area contributed by atoms with Crippen LogP contribution in [0.3, 0.4) is 0 Å². The van der Waals surface area contributed by atoms with Crippen LogP contribution in [-0.2, 0) is 65.4 Å². The number of phosphoric acid groups is 2. The predicted octanol–water partition coefficient (Wildman–Crippen LogP) is 22.2. The maximum atomic E-state index is 13.1. The Balaban J connectivity index is 5.18. The van der Waals surface area contributed by atoms with E-state index >= 15 is 0 Å². The molecular weight excluding hydrogens is 1250 g/mol. The molecule has 0 aliphatic heterocycles. The molecule has 564 valence electrons. The van der Waals surface area contributed by atoms with Gasteiger partial charge in [-0.25, -0.2) is 9.13 Å². The van der Waals surface area contributed by atoms with Gasteiger partial charge >= 0.3 is 39.5 Å². The number of phosphoric ester groups is 2. The van der Waals surface area contributed by atoms with E-state index in [9.17, 15) is 43.2 Å². The Bertz CT molecular complexity index is 1850. The van der Waals surface area contributed by atoms with E-state index in [2.05, 4.69) is 48.5 Å². The van der Waals surface area contributed by atoms with E-state index in [4.69, 9.17) is 37.0 Å². The van der Waals surface area contributed by atoms with Crippen LogP contribution in [0.1, 0.15) is 389 Å². The van der Waals surface area contributed by atoms with Gasteiger partial charge in [0.15, 0.2) is 12.2 Å². The molecule has 0 aliphatic rings. The van der Waals surface area contributed by atoms with Crippen LogP contribution < -0.4 is 0 Å². The van der Waals surface area contributed by atoms with Crippen molar-refractivity contribution in [3.05, 3.63) is 0 Å². The number of carbonyl (C=O) groups excluding carboxylic acids is 4. The maximum absolute atomic E-state index is 13.1. The lowest BCUT2D eigenvalue weighted by Crippen LogP contribution is -2.30. The molecule has 0 aliphatic carbocycles. The minimum absolute atomic E-state index is 0.101. The average Bonchev–Trinajstić information content (AvgIpc) is 1.70. The van der Waals surface area contributed by atoms with Crippen molar-refractivity contribution < 1.29 is 80.2 Å². The van der Waals surface area contributed by atoms with Gasteiger partial charge in [-0.15, -0.1) is 0 Å². The molecule has 0 bridgehead atoms. The molecule has 0 aromatic carbocycles. The number of esters is 4. The highest BCUT2D eigenvalue weighted by atomic mass is 31.2. The highest BCUT2D eigenvalue weighted by molar-refractivity contribution is 7.47. The molecule has 0 aromatic rings. The van der Waals surface area contributed by atoms with Gasteiger partial charge in [-0.3, -0.25) is 37.3 Å². The summed E-state index contributed by atoms with van der Waals surface area (Å²) in [5.74, 6) is 0.0222. The summed E-state index contributed by atoms with van der Waals surface area (Å²) in [6.45, 7) is 11.7. The number of unbranched alkanes of at least 4 members (excludes halogenated alkanes) is 42. The Morgan fingerprint density at radius 3 is 0.716 bits per heavy atom. The van der Waals surface area contributed by atoms with Crippen molar-refractivity contribution in [2.45, 2.75) is 407 Å².